The average Bonchev–Trinajstić information content (AvgIpc) is 2.93. The maximum absolute atomic E-state index is 12.6. The molecule has 22 heavy (non-hydrogen) atoms. The van der Waals surface area contributed by atoms with Crippen molar-refractivity contribution in [2.45, 2.75) is 6.54 Å². The number of benzene rings is 1. The van der Waals surface area contributed by atoms with Crippen LogP contribution < -0.4 is 0 Å². The van der Waals surface area contributed by atoms with E-state index in [4.69, 9.17) is 0 Å². The molecule has 1 fully saturated rings. The van der Waals surface area contributed by atoms with Gasteiger partial charge in [-0.05, 0) is 62.8 Å². The summed E-state index contributed by atoms with van der Waals surface area (Å²) in [5.41, 5.74) is 0.818. The quantitative estimate of drug-likeness (QED) is 0.605. The van der Waals surface area contributed by atoms with Crippen molar-refractivity contribution in [1.82, 2.24) is 9.80 Å². The molecule has 0 saturated carbocycles. The Morgan fingerprint density at radius 2 is 1.86 bits per heavy atom. The Balaban J connectivity index is 1.57. The van der Waals surface area contributed by atoms with Gasteiger partial charge in [-0.1, -0.05) is 12.1 Å². The van der Waals surface area contributed by atoms with Crippen LogP contribution in [0.4, 0.5) is 0 Å². The van der Waals surface area contributed by atoms with Crippen LogP contribution in [0.2, 0.25) is 0 Å². The van der Waals surface area contributed by atoms with Crippen molar-refractivity contribution in [1.29, 1.82) is 0 Å². The number of rotatable bonds is 3. The SMILES string of the molecule is O=C(c1ccccc1I)N1CCN(Cc2ccc(Br)s2)CC1. The zero-order valence-corrected chi connectivity index (χ0v) is 16.5. The lowest BCUT2D eigenvalue weighted by molar-refractivity contribution is 0.0628. The van der Waals surface area contributed by atoms with Gasteiger partial charge in [0.1, 0.15) is 0 Å². The molecule has 1 amide bonds. The Kier molecular flexibility index (Phi) is 5.54. The minimum absolute atomic E-state index is 0.156. The first kappa shape index (κ1) is 16.4. The third-order valence-corrected chi connectivity index (χ3v) is 6.32. The molecule has 0 bridgehead atoms. The molecule has 0 atom stereocenters. The molecule has 0 unspecified atom stereocenters. The van der Waals surface area contributed by atoms with Crippen LogP contribution in [0.1, 0.15) is 15.2 Å². The van der Waals surface area contributed by atoms with Gasteiger partial charge in [0.05, 0.1) is 9.35 Å². The molecule has 0 spiro atoms. The number of halogens is 2. The van der Waals surface area contributed by atoms with Crippen molar-refractivity contribution < 1.29 is 4.79 Å². The van der Waals surface area contributed by atoms with Crippen LogP contribution >= 0.6 is 49.9 Å². The second kappa shape index (κ2) is 7.42. The van der Waals surface area contributed by atoms with E-state index in [1.165, 1.54) is 8.66 Å². The maximum Gasteiger partial charge on any atom is 0.255 e. The third-order valence-electron chi connectivity index (χ3n) is 3.77. The molecule has 1 aliphatic heterocycles. The first-order chi connectivity index (χ1) is 10.6. The first-order valence-electron chi connectivity index (χ1n) is 7.14. The highest BCUT2D eigenvalue weighted by Crippen LogP contribution is 2.24. The van der Waals surface area contributed by atoms with E-state index in [2.05, 4.69) is 55.6 Å². The fourth-order valence-electron chi connectivity index (χ4n) is 2.57. The molecule has 116 valence electrons. The van der Waals surface area contributed by atoms with Gasteiger partial charge in [0, 0.05) is 41.2 Å². The van der Waals surface area contributed by atoms with Crippen LogP contribution in [-0.4, -0.2) is 41.9 Å². The highest BCUT2D eigenvalue weighted by molar-refractivity contribution is 14.1. The van der Waals surface area contributed by atoms with Crippen LogP contribution in [0.15, 0.2) is 40.2 Å². The highest BCUT2D eigenvalue weighted by atomic mass is 127. The second-order valence-corrected chi connectivity index (χ2v) is 8.96. The average molecular weight is 491 g/mol. The Hall–Kier alpha value is -0.440. The number of hydrogen-bond acceptors (Lipinski definition) is 3. The van der Waals surface area contributed by atoms with Gasteiger partial charge in [-0.2, -0.15) is 0 Å². The smallest absolute Gasteiger partial charge is 0.255 e. The fraction of sp³-hybridized carbons (Fsp3) is 0.312. The molecular weight excluding hydrogens is 475 g/mol. The van der Waals surface area contributed by atoms with Gasteiger partial charge in [0.2, 0.25) is 0 Å². The van der Waals surface area contributed by atoms with Crippen LogP contribution in [-0.2, 0) is 6.54 Å². The van der Waals surface area contributed by atoms with Gasteiger partial charge >= 0.3 is 0 Å². The van der Waals surface area contributed by atoms with E-state index in [1.54, 1.807) is 11.3 Å². The third kappa shape index (κ3) is 3.90. The molecule has 1 aromatic heterocycles. The summed E-state index contributed by atoms with van der Waals surface area (Å²) in [5.74, 6) is 0.156. The van der Waals surface area contributed by atoms with Crippen LogP contribution in [0, 0.1) is 3.57 Å². The number of nitrogens with zero attached hydrogens (tertiary/aromatic N) is 2. The van der Waals surface area contributed by atoms with E-state index in [-0.39, 0.29) is 5.91 Å². The summed E-state index contributed by atoms with van der Waals surface area (Å²) < 4.78 is 2.20. The van der Waals surface area contributed by atoms with E-state index in [1.807, 2.05) is 29.2 Å². The van der Waals surface area contributed by atoms with Crippen LogP contribution in [0.25, 0.3) is 0 Å². The fourth-order valence-corrected chi connectivity index (χ4v) is 4.71. The van der Waals surface area contributed by atoms with Gasteiger partial charge in [-0.3, -0.25) is 9.69 Å². The number of thiophene rings is 1. The largest absolute Gasteiger partial charge is 0.336 e. The van der Waals surface area contributed by atoms with Gasteiger partial charge < -0.3 is 4.90 Å². The maximum atomic E-state index is 12.6. The lowest BCUT2D eigenvalue weighted by atomic mass is 10.2. The number of amides is 1. The lowest BCUT2D eigenvalue weighted by Crippen LogP contribution is -2.48. The van der Waals surface area contributed by atoms with Gasteiger partial charge in [-0.15, -0.1) is 11.3 Å². The van der Waals surface area contributed by atoms with Gasteiger partial charge in [0.25, 0.3) is 5.91 Å². The molecule has 2 aromatic rings. The Morgan fingerprint density at radius 1 is 1.14 bits per heavy atom. The molecule has 0 N–H and O–H groups in total. The van der Waals surface area contributed by atoms with Crippen molar-refractivity contribution in [3.8, 4) is 0 Å². The molecule has 3 rings (SSSR count). The normalized spacial score (nSPS) is 16.0. The molecule has 1 saturated heterocycles. The van der Waals surface area contributed by atoms with E-state index >= 15 is 0 Å². The van der Waals surface area contributed by atoms with E-state index < -0.39 is 0 Å². The summed E-state index contributed by atoms with van der Waals surface area (Å²) in [4.78, 5) is 18.3. The van der Waals surface area contributed by atoms with E-state index in [9.17, 15) is 4.79 Å². The number of hydrogen-bond donors (Lipinski definition) is 0. The van der Waals surface area contributed by atoms with Crippen LogP contribution in [0.3, 0.4) is 0 Å². The summed E-state index contributed by atoms with van der Waals surface area (Å²) in [5, 5.41) is 0. The Bertz CT molecular complexity index is 668. The number of carbonyl (C=O) groups is 1. The van der Waals surface area contributed by atoms with Gasteiger partial charge in [-0.25, -0.2) is 0 Å². The minimum atomic E-state index is 0.156. The standard InChI is InChI=1S/C16H16BrIN2OS/c17-15-6-5-12(22-15)11-19-7-9-20(10-8-19)16(21)13-3-1-2-4-14(13)18/h1-6H,7-11H2. The molecule has 2 heterocycles. The van der Waals surface area contributed by atoms with E-state index in [0.717, 1.165) is 41.9 Å². The summed E-state index contributed by atoms with van der Waals surface area (Å²) in [6.45, 7) is 4.45. The predicted molar refractivity (Wildman–Crippen MR) is 102 cm³/mol. The number of piperazine rings is 1. The summed E-state index contributed by atoms with van der Waals surface area (Å²) >= 11 is 7.52. The first-order valence-corrected chi connectivity index (χ1v) is 9.82. The monoisotopic (exact) mass is 490 g/mol. The second-order valence-electron chi connectivity index (χ2n) is 5.25. The molecule has 0 aliphatic carbocycles. The van der Waals surface area contributed by atoms with Crippen molar-refractivity contribution in [2.24, 2.45) is 0 Å². The summed E-state index contributed by atoms with van der Waals surface area (Å²) in [6.07, 6.45) is 0. The molecular formula is C16H16BrIN2OS. The number of carbonyl (C=O) groups excluding carboxylic acids is 1. The van der Waals surface area contributed by atoms with Crippen molar-refractivity contribution >= 4 is 55.8 Å². The molecule has 1 aromatic carbocycles. The van der Waals surface area contributed by atoms with Gasteiger partial charge in [0.15, 0.2) is 0 Å². The predicted octanol–water partition coefficient (Wildman–Crippen LogP) is 4.07. The molecule has 1 aliphatic rings. The van der Waals surface area contributed by atoms with E-state index in [0.29, 0.717) is 0 Å². The summed E-state index contributed by atoms with van der Waals surface area (Å²) in [7, 11) is 0. The topological polar surface area (TPSA) is 23.6 Å². The summed E-state index contributed by atoms with van der Waals surface area (Å²) in [6, 6.07) is 12.1. The minimum Gasteiger partial charge on any atom is -0.336 e. The zero-order chi connectivity index (χ0) is 15.5. The lowest BCUT2D eigenvalue weighted by Gasteiger charge is -2.34. The zero-order valence-electron chi connectivity index (χ0n) is 12.0. The Morgan fingerprint density at radius 3 is 2.50 bits per heavy atom. The molecule has 3 nitrogen and oxygen atoms in total. The van der Waals surface area contributed by atoms with Crippen LogP contribution in [0.5, 0.6) is 0 Å². The Labute approximate surface area is 156 Å². The molecule has 0 radical (unpaired) electrons. The highest BCUT2D eigenvalue weighted by Gasteiger charge is 2.23. The van der Waals surface area contributed by atoms with Crippen molar-refractivity contribution in [3.63, 3.8) is 0 Å². The van der Waals surface area contributed by atoms with Crippen molar-refractivity contribution in [2.75, 3.05) is 26.2 Å². The molecule has 6 heteroatoms. The van der Waals surface area contributed by atoms with Crippen molar-refractivity contribution in [3.05, 3.63) is 54.2 Å².